The molecule has 5 nitrogen and oxygen atoms in total. The number of aliphatic carboxylic acids is 1. The summed E-state index contributed by atoms with van der Waals surface area (Å²) in [6.45, 7) is 0.570. The predicted octanol–water partition coefficient (Wildman–Crippen LogP) is 1.12. The fourth-order valence-corrected chi connectivity index (χ4v) is 3.48. The van der Waals surface area contributed by atoms with Crippen LogP contribution in [-0.4, -0.2) is 29.6 Å². The summed E-state index contributed by atoms with van der Waals surface area (Å²) in [6, 6.07) is 0.0361. The molecule has 4 unspecified atom stereocenters. The van der Waals surface area contributed by atoms with Crippen LogP contribution < -0.4 is 11.1 Å². The average Bonchev–Trinajstić information content (AvgIpc) is 2.87. The summed E-state index contributed by atoms with van der Waals surface area (Å²) in [5.74, 6) is -0.615. The molecule has 2 aliphatic rings. The molecule has 0 heterocycles. The van der Waals surface area contributed by atoms with Gasteiger partial charge in [0.1, 0.15) is 0 Å². The number of nitrogens with one attached hydrogen (secondary N) is 1. The van der Waals surface area contributed by atoms with Gasteiger partial charge in [0.2, 0.25) is 5.91 Å². The van der Waals surface area contributed by atoms with E-state index >= 15 is 0 Å². The first kappa shape index (κ1) is 14.3. The van der Waals surface area contributed by atoms with Gasteiger partial charge in [-0.2, -0.15) is 0 Å². The van der Waals surface area contributed by atoms with Crippen molar-refractivity contribution >= 4 is 11.9 Å². The average molecular weight is 268 g/mol. The fraction of sp³-hybridized carbons (Fsp3) is 0.857. The molecule has 1 amide bonds. The van der Waals surface area contributed by atoms with Gasteiger partial charge in [-0.25, -0.2) is 0 Å². The largest absolute Gasteiger partial charge is 0.481 e. The second-order valence-electron chi connectivity index (χ2n) is 5.94. The van der Waals surface area contributed by atoms with Gasteiger partial charge in [0.15, 0.2) is 0 Å². The van der Waals surface area contributed by atoms with Crippen LogP contribution in [0.4, 0.5) is 0 Å². The molecular formula is C14H24N2O3. The van der Waals surface area contributed by atoms with Gasteiger partial charge in [-0.15, -0.1) is 0 Å². The van der Waals surface area contributed by atoms with Gasteiger partial charge >= 0.3 is 5.97 Å². The molecule has 2 rings (SSSR count). The molecule has 5 heteroatoms. The van der Waals surface area contributed by atoms with Crippen LogP contribution in [0.2, 0.25) is 0 Å². The molecule has 0 aliphatic heterocycles. The zero-order chi connectivity index (χ0) is 13.8. The monoisotopic (exact) mass is 268 g/mol. The van der Waals surface area contributed by atoms with Gasteiger partial charge in [0.05, 0.1) is 5.92 Å². The minimum Gasteiger partial charge on any atom is -0.481 e. The predicted molar refractivity (Wildman–Crippen MR) is 71.4 cm³/mol. The third kappa shape index (κ3) is 3.47. The van der Waals surface area contributed by atoms with Gasteiger partial charge < -0.3 is 16.2 Å². The summed E-state index contributed by atoms with van der Waals surface area (Å²) in [5, 5.41) is 12.0. The molecule has 2 aliphatic carbocycles. The Bertz CT molecular complexity index is 346. The summed E-state index contributed by atoms with van der Waals surface area (Å²) >= 11 is 0. The Balaban J connectivity index is 1.85. The van der Waals surface area contributed by atoms with Gasteiger partial charge in [-0.1, -0.05) is 12.8 Å². The maximum absolute atomic E-state index is 12.3. The number of nitrogens with two attached hydrogens (primary N) is 1. The second kappa shape index (κ2) is 6.37. The molecule has 0 aromatic rings. The zero-order valence-corrected chi connectivity index (χ0v) is 11.3. The number of carbonyl (C=O) groups is 2. The summed E-state index contributed by atoms with van der Waals surface area (Å²) in [7, 11) is 0. The third-order valence-corrected chi connectivity index (χ3v) is 4.68. The Hall–Kier alpha value is -1.10. The van der Waals surface area contributed by atoms with Crippen molar-refractivity contribution in [2.45, 2.75) is 51.0 Å². The molecular weight excluding hydrogens is 244 g/mol. The van der Waals surface area contributed by atoms with Crippen LogP contribution >= 0.6 is 0 Å². The topological polar surface area (TPSA) is 92.4 Å². The first-order valence-electron chi connectivity index (χ1n) is 7.35. The van der Waals surface area contributed by atoms with E-state index in [1.54, 1.807) is 0 Å². The molecule has 0 bridgehead atoms. The van der Waals surface area contributed by atoms with E-state index in [9.17, 15) is 9.59 Å². The lowest BCUT2D eigenvalue weighted by molar-refractivity contribution is -0.141. The van der Waals surface area contributed by atoms with Gasteiger partial charge in [-0.05, 0) is 44.6 Å². The van der Waals surface area contributed by atoms with Crippen molar-refractivity contribution in [3.05, 3.63) is 0 Å². The molecule has 0 radical (unpaired) electrons. The summed E-state index contributed by atoms with van der Waals surface area (Å²) in [5.41, 5.74) is 5.74. The molecule has 4 atom stereocenters. The second-order valence-corrected chi connectivity index (χ2v) is 5.94. The summed E-state index contributed by atoms with van der Waals surface area (Å²) in [4.78, 5) is 23.2. The van der Waals surface area contributed by atoms with Crippen LogP contribution in [0, 0.1) is 17.8 Å². The SMILES string of the molecule is NCC1CCCCC1C(=O)NC1CCC(C(=O)O)C1. The number of hydrogen-bond donors (Lipinski definition) is 3. The van der Waals surface area contributed by atoms with E-state index in [1.807, 2.05) is 0 Å². The standard InChI is InChI=1S/C14H24N2O3/c15-8-10-3-1-2-4-12(10)13(17)16-11-6-5-9(7-11)14(18)19/h9-12H,1-8,15H2,(H,16,17)(H,18,19). The van der Waals surface area contributed by atoms with Crippen LogP contribution in [0.25, 0.3) is 0 Å². The Labute approximate surface area is 113 Å². The summed E-state index contributed by atoms with van der Waals surface area (Å²) < 4.78 is 0. The van der Waals surface area contributed by atoms with Crippen molar-refractivity contribution in [1.29, 1.82) is 0 Å². The quantitative estimate of drug-likeness (QED) is 0.712. The molecule has 2 saturated carbocycles. The van der Waals surface area contributed by atoms with Crippen molar-refractivity contribution in [3.8, 4) is 0 Å². The lowest BCUT2D eigenvalue weighted by Crippen LogP contribution is -2.43. The maximum Gasteiger partial charge on any atom is 0.306 e. The van der Waals surface area contributed by atoms with E-state index in [-0.39, 0.29) is 23.8 Å². The van der Waals surface area contributed by atoms with Crippen LogP contribution in [-0.2, 0) is 9.59 Å². The van der Waals surface area contributed by atoms with E-state index in [1.165, 1.54) is 0 Å². The third-order valence-electron chi connectivity index (χ3n) is 4.68. The van der Waals surface area contributed by atoms with Gasteiger partial charge in [0, 0.05) is 12.0 Å². The van der Waals surface area contributed by atoms with Crippen LogP contribution in [0.15, 0.2) is 0 Å². The Morgan fingerprint density at radius 1 is 1.16 bits per heavy atom. The Kier molecular flexibility index (Phi) is 4.80. The highest BCUT2D eigenvalue weighted by Crippen LogP contribution is 2.31. The maximum atomic E-state index is 12.3. The molecule has 0 aromatic heterocycles. The number of hydrogen-bond acceptors (Lipinski definition) is 3. The molecule has 108 valence electrons. The molecule has 2 fully saturated rings. The van der Waals surface area contributed by atoms with E-state index in [2.05, 4.69) is 5.32 Å². The van der Waals surface area contributed by atoms with Gasteiger partial charge in [-0.3, -0.25) is 9.59 Å². The Morgan fingerprint density at radius 3 is 2.53 bits per heavy atom. The minimum absolute atomic E-state index is 0.0302. The highest BCUT2D eigenvalue weighted by Gasteiger charge is 2.34. The van der Waals surface area contributed by atoms with E-state index < -0.39 is 5.97 Å². The van der Waals surface area contributed by atoms with E-state index in [4.69, 9.17) is 10.8 Å². The van der Waals surface area contributed by atoms with Crippen molar-refractivity contribution in [2.24, 2.45) is 23.5 Å². The lowest BCUT2D eigenvalue weighted by atomic mass is 9.78. The van der Waals surface area contributed by atoms with E-state index in [0.717, 1.165) is 32.1 Å². The first-order valence-corrected chi connectivity index (χ1v) is 7.35. The van der Waals surface area contributed by atoms with Crippen molar-refractivity contribution < 1.29 is 14.7 Å². The zero-order valence-electron chi connectivity index (χ0n) is 11.3. The highest BCUT2D eigenvalue weighted by molar-refractivity contribution is 5.79. The number of carboxylic acid groups (broad SMARTS) is 1. The fourth-order valence-electron chi connectivity index (χ4n) is 3.48. The normalized spacial score (nSPS) is 35.0. The number of carboxylic acids is 1. The highest BCUT2D eigenvalue weighted by atomic mass is 16.4. The minimum atomic E-state index is -0.741. The number of amides is 1. The lowest BCUT2D eigenvalue weighted by Gasteiger charge is -2.30. The van der Waals surface area contributed by atoms with Crippen LogP contribution in [0.3, 0.4) is 0 Å². The smallest absolute Gasteiger partial charge is 0.306 e. The molecule has 0 spiro atoms. The molecule has 4 N–H and O–H groups in total. The Morgan fingerprint density at radius 2 is 1.89 bits per heavy atom. The van der Waals surface area contributed by atoms with Crippen molar-refractivity contribution in [1.82, 2.24) is 5.32 Å². The number of carbonyl (C=O) groups excluding carboxylic acids is 1. The molecule has 19 heavy (non-hydrogen) atoms. The van der Waals surface area contributed by atoms with E-state index in [0.29, 0.717) is 25.3 Å². The van der Waals surface area contributed by atoms with Crippen LogP contribution in [0.5, 0.6) is 0 Å². The molecule has 0 saturated heterocycles. The number of rotatable bonds is 4. The summed E-state index contributed by atoms with van der Waals surface area (Å²) in [6.07, 6.45) is 6.24. The van der Waals surface area contributed by atoms with Gasteiger partial charge in [0.25, 0.3) is 0 Å². The first-order chi connectivity index (χ1) is 9.11. The van der Waals surface area contributed by atoms with Crippen LogP contribution in [0.1, 0.15) is 44.9 Å². The van der Waals surface area contributed by atoms with Crippen molar-refractivity contribution in [3.63, 3.8) is 0 Å². The van der Waals surface area contributed by atoms with Crippen molar-refractivity contribution in [2.75, 3.05) is 6.54 Å². The molecule has 0 aromatic carbocycles.